The number of nitrogens with zero attached hydrogens (tertiary/aromatic N) is 2. The van der Waals surface area contributed by atoms with Gasteiger partial charge >= 0.3 is 0 Å². The summed E-state index contributed by atoms with van der Waals surface area (Å²) in [6.07, 6.45) is 0. The highest BCUT2D eigenvalue weighted by atomic mass is 32.2. The number of hydrogen-bond donors (Lipinski definition) is 0. The third kappa shape index (κ3) is 2.99. The van der Waals surface area contributed by atoms with E-state index in [1.54, 1.807) is 0 Å². The number of thioether (sulfide) groups is 1. The Morgan fingerprint density at radius 1 is 1.08 bits per heavy atom. The Balaban J connectivity index is 2.09. The molecule has 1 heterocycles. The van der Waals surface area contributed by atoms with Crippen LogP contribution in [0.15, 0.2) is 53.4 Å². The number of rotatable bonds is 5. The molecule has 0 aromatic heterocycles. The third-order valence-electron chi connectivity index (χ3n) is 3.79. The zero-order valence-corrected chi connectivity index (χ0v) is 14.5. The van der Waals surface area contributed by atoms with Crippen LogP contribution in [-0.4, -0.2) is 22.5 Å². The molecule has 0 radical (unpaired) electrons. The van der Waals surface area contributed by atoms with Crippen molar-refractivity contribution in [1.82, 2.24) is 0 Å². The van der Waals surface area contributed by atoms with Gasteiger partial charge in [-0.25, -0.2) is 9.29 Å². The Morgan fingerprint density at radius 3 is 2.31 bits per heavy atom. The summed E-state index contributed by atoms with van der Waals surface area (Å²) in [6.45, 7) is 1.83. The maximum atomic E-state index is 14.1. The largest absolute Gasteiger partial charge is 0.272 e. The van der Waals surface area contributed by atoms with Gasteiger partial charge < -0.3 is 0 Å². The zero-order chi connectivity index (χ0) is 18.8. The van der Waals surface area contributed by atoms with Crippen molar-refractivity contribution < 1.29 is 18.9 Å². The minimum absolute atomic E-state index is 0.117. The quantitative estimate of drug-likeness (QED) is 0.453. The second kappa shape index (κ2) is 7.09. The highest BCUT2D eigenvalue weighted by Gasteiger charge is 2.41. The second-order valence-corrected chi connectivity index (χ2v) is 6.61. The van der Waals surface area contributed by atoms with Gasteiger partial charge in [0.25, 0.3) is 17.5 Å². The molecule has 0 bridgehead atoms. The summed E-state index contributed by atoms with van der Waals surface area (Å²) < 4.78 is 14.1. The van der Waals surface area contributed by atoms with Crippen LogP contribution in [0.1, 0.15) is 12.5 Å². The molecular formula is C18H13FN2O4S. The number of nitro groups is 1. The molecule has 3 rings (SSSR count). The first-order chi connectivity index (χ1) is 12.5. The summed E-state index contributed by atoms with van der Waals surface area (Å²) in [4.78, 5) is 36.9. The van der Waals surface area contributed by atoms with Crippen LogP contribution in [0.2, 0.25) is 0 Å². The molecule has 6 nitrogen and oxygen atoms in total. The van der Waals surface area contributed by atoms with E-state index in [0.29, 0.717) is 11.3 Å². The van der Waals surface area contributed by atoms with Crippen LogP contribution >= 0.6 is 11.8 Å². The summed E-state index contributed by atoms with van der Waals surface area (Å²) in [5.41, 5.74) is 0.263. The SMILES string of the molecule is CCSC1=C(c2ccc([N+](=O)[O-])cc2)C(=O)N(c2ccccc2F)C1=O. The van der Waals surface area contributed by atoms with Gasteiger partial charge in [0, 0.05) is 12.1 Å². The summed E-state index contributed by atoms with van der Waals surface area (Å²) in [6, 6.07) is 10.9. The summed E-state index contributed by atoms with van der Waals surface area (Å²) in [5, 5.41) is 10.8. The third-order valence-corrected chi connectivity index (χ3v) is 4.75. The van der Waals surface area contributed by atoms with E-state index in [4.69, 9.17) is 0 Å². The molecule has 132 valence electrons. The molecule has 26 heavy (non-hydrogen) atoms. The molecule has 8 heteroatoms. The molecule has 0 aliphatic carbocycles. The number of amides is 2. The standard InChI is InChI=1S/C18H13FN2O4S/c1-2-26-16-15(11-7-9-12(10-8-11)21(24)25)17(22)20(18(16)23)14-6-4-3-5-13(14)19/h3-10H,2H2,1H3. The van der Waals surface area contributed by atoms with Crippen molar-refractivity contribution in [1.29, 1.82) is 0 Å². The van der Waals surface area contributed by atoms with E-state index < -0.39 is 22.6 Å². The van der Waals surface area contributed by atoms with Crippen LogP contribution in [-0.2, 0) is 9.59 Å². The summed E-state index contributed by atoms with van der Waals surface area (Å²) in [7, 11) is 0. The van der Waals surface area contributed by atoms with E-state index in [0.717, 1.165) is 4.90 Å². The van der Waals surface area contributed by atoms with E-state index in [1.807, 2.05) is 6.92 Å². The number of para-hydroxylation sites is 1. The van der Waals surface area contributed by atoms with Crippen LogP contribution in [0.5, 0.6) is 0 Å². The summed E-state index contributed by atoms with van der Waals surface area (Å²) in [5.74, 6) is -1.39. The number of non-ortho nitro benzene ring substituents is 1. The molecule has 2 aromatic rings. The van der Waals surface area contributed by atoms with Gasteiger partial charge in [-0.3, -0.25) is 19.7 Å². The van der Waals surface area contributed by atoms with E-state index in [9.17, 15) is 24.1 Å². The monoisotopic (exact) mass is 372 g/mol. The van der Waals surface area contributed by atoms with Gasteiger partial charge in [-0.05, 0) is 35.6 Å². The fourth-order valence-electron chi connectivity index (χ4n) is 2.64. The first-order valence-electron chi connectivity index (χ1n) is 7.71. The fourth-order valence-corrected chi connectivity index (χ4v) is 3.50. The number of anilines is 1. The van der Waals surface area contributed by atoms with Crippen molar-refractivity contribution in [3.05, 3.63) is 74.9 Å². The summed E-state index contributed by atoms with van der Waals surface area (Å²) >= 11 is 1.18. The lowest BCUT2D eigenvalue weighted by Crippen LogP contribution is -2.32. The maximum Gasteiger partial charge on any atom is 0.272 e. The van der Waals surface area contributed by atoms with E-state index in [1.165, 1.54) is 60.3 Å². The normalized spacial score (nSPS) is 14.3. The average Bonchev–Trinajstić information content (AvgIpc) is 2.86. The average molecular weight is 372 g/mol. The minimum atomic E-state index is -0.681. The van der Waals surface area contributed by atoms with Crippen molar-refractivity contribution in [3.63, 3.8) is 0 Å². The zero-order valence-electron chi connectivity index (χ0n) is 13.6. The lowest BCUT2D eigenvalue weighted by Gasteiger charge is -2.15. The van der Waals surface area contributed by atoms with Gasteiger partial charge in [-0.15, -0.1) is 11.8 Å². The van der Waals surface area contributed by atoms with Crippen LogP contribution in [0.4, 0.5) is 15.8 Å². The van der Waals surface area contributed by atoms with Crippen molar-refractivity contribution in [2.24, 2.45) is 0 Å². The molecule has 0 N–H and O–H groups in total. The highest BCUT2D eigenvalue weighted by molar-refractivity contribution is 8.04. The van der Waals surface area contributed by atoms with Crippen molar-refractivity contribution in [2.75, 3.05) is 10.7 Å². The number of halogens is 1. The highest BCUT2D eigenvalue weighted by Crippen LogP contribution is 2.39. The number of carbonyl (C=O) groups is 2. The van der Waals surface area contributed by atoms with Crippen LogP contribution in [0.25, 0.3) is 5.57 Å². The van der Waals surface area contributed by atoms with Crippen molar-refractivity contribution in [3.8, 4) is 0 Å². The van der Waals surface area contributed by atoms with Crippen LogP contribution < -0.4 is 4.90 Å². The number of carbonyl (C=O) groups excluding carboxylic acids is 2. The molecule has 0 fully saturated rings. The van der Waals surface area contributed by atoms with E-state index in [-0.39, 0.29) is 21.9 Å². The predicted molar refractivity (Wildman–Crippen MR) is 97.0 cm³/mol. The molecule has 0 saturated carbocycles. The number of hydrogen-bond acceptors (Lipinski definition) is 5. The Morgan fingerprint density at radius 2 is 1.73 bits per heavy atom. The second-order valence-electron chi connectivity index (χ2n) is 5.34. The predicted octanol–water partition coefficient (Wildman–Crippen LogP) is 3.77. The van der Waals surface area contributed by atoms with Gasteiger partial charge in [0.05, 0.1) is 21.1 Å². The molecular weight excluding hydrogens is 359 g/mol. The number of nitro benzene ring substituents is 1. The maximum absolute atomic E-state index is 14.1. The van der Waals surface area contributed by atoms with Crippen molar-refractivity contribution >= 4 is 40.5 Å². The molecule has 2 aromatic carbocycles. The lowest BCUT2D eigenvalue weighted by atomic mass is 10.1. The molecule has 1 aliphatic rings. The van der Waals surface area contributed by atoms with Gasteiger partial charge in [-0.2, -0.15) is 0 Å². The smallest absolute Gasteiger partial charge is 0.268 e. The molecule has 2 amide bonds. The molecule has 0 unspecified atom stereocenters. The van der Waals surface area contributed by atoms with Crippen molar-refractivity contribution in [2.45, 2.75) is 6.92 Å². The molecule has 0 saturated heterocycles. The molecule has 0 spiro atoms. The Labute approximate surface area is 152 Å². The van der Waals surface area contributed by atoms with Gasteiger partial charge in [-0.1, -0.05) is 19.1 Å². The van der Waals surface area contributed by atoms with Gasteiger partial charge in [0.1, 0.15) is 5.82 Å². The topological polar surface area (TPSA) is 80.5 Å². The lowest BCUT2D eigenvalue weighted by molar-refractivity contribution is -0.384. The Bertz CT molecular complexity index is 940. The molecule has 1 aliphatic heterocycles. The van der Waals surface area contributed by atoms with E-state index in [2.05, 4.69) is 0 Å². The Kier molecular flexibility index (Phi) is 4.85. The number of benzene rings is 2. The van der Waals surface area contributed by atoms with Crippen LogP contribution in [0, 0.1) is 15.9 Å². The fraction of sp³-hybridized carbons (Fsp3) is 0.111. The van der Waals surface area contributed by atoms with Crippen LogP contribution in [0.3, 0.4) is 0 Å². The first-order valence-corrected chi connectivity index (χ1v) is 8.69. The minimum Gasteiger partial charge on any atom is -0.268 e. The number of imide groups is 1. The first kappa shape index (κ1) is 17.8. The van der Waals surface area contributed by atoms with Gasteiger partial charge in [0.15, 0.2) is 0 Å². The molecule has 0 atom stereocenters. The van der Waals surface area contributed by atoms with Gasteiger partial charge in [0.2, 0.25) is 0 Å². The Hall–Kier alpha value is -3.00. The van der Waals surface area contributed by atoms with E-state index >= 15 is 0 Å².